The first-order chi connectivity index (χ1) is 19.1. The molecule has 1 heterocycles. The number of carbonyl (C=O) groups is 1. The van der Waals surface area contributed by atoms with E-state index in [4.69, 9.17) is 0 Å². The van der Waals surface area contributed by atoms with Crippen molar-refractivity contribution in [3.05, 3.63) is 29.8 Å². The topological polar surface area (TPSA) is 136 Å². The molecule has 1 amide bonds. The number of aliphatic hydroxyl groups excluding tert-OH is 1. The van der Waals surface area contributed by atoms with E-state index in [2.05, 4.69) is 48.4 Å². The van der Waals surface area contributed by atoms with Crippen LogP contribution in [0, 0.1) is 23.7 Å². The van der Waals surface area contributed by atoms with Crippen LogP contribution in [0.5, 0.6) is 0 Å². The van der Waals surface area contributed by atoms with E-state index in [-0.39, 0.29) is 41.8 Å². The molecule has 1 aromatic rings. The zero-order chi connectivity index (χ0) is 30.2. The quantitative estimate of drug-likeness (QED) is 0.324. The third kappa shape index (κ3) is 6.92. The third-order valence-electron chi connectivity index (χ3n) is 10.0. The average Bonchev–Trinajstić information content (AvgIpc) is 3.23. The summed E-state index contributed by atoms with van der Waals surface area (Å²) in [5.41, 5.74) is 1.40. The predicted molar refractivity (Wildman–Crippen MR) is 162 cm³/mol. The molecule has 12 heteroatoms. The van der Waals surface area contributed by atoms with Crippen molar-refractivity contribution in [2.45, 2.75) is 71.6 Å². The molecule has 3 fully saturated rings. The average molecular weight is 613 g/mol. The first-order valence-electron chi connectivity index (χ1n) is 14.7. The molecule has 2 saturated carbocycles. The molecular weight excluding hydrogens is 564 g/mol. The number of aryl methyl sites for hydroxylation is 1. The Bertz CT molecular complexity index is 1310. The molecule has 1 aromatic carbocycles. The summed E-state index contributed by atoms with van der Waals surface area (Å²) >= 11 is 0. The number of aliphatic hydroxyl groups is 1. The van der Waals surface area contributed by atoms with E-state index in [9.17, 15) is 26.7 Å². The first-order valence-corrected chi connectivity index (χ1v) is 18.4. The van der Waals surface area contributed by atoms with Crippen molar-refractivity contribution in [3.63, 3.8) is 0 Å². The summed E-state index contributed by atoms with van der Waals surface area (Å²) in [4.78, 5) is 15.7. The maximum absolute atomic E-state index is 14.0. The highest BCUT2D eigenvalue weighted by atomic mass is 32.2. The summed E-state index contributed by atoms with van der Waals surface area (Å²) in [5, 5.41) is 15.9. The fourth-order valence-corrected chi connectivity index (χ4v) is 10.3. The van der Waals surface area contributed by atoms with E-state index < -0.39 is 37.4 Å². The molecule has 3 aliphatic rings. The highest BCUT2D eigenvalue weighted by Gasteiger charge is 2.66. The molecule has 1 saturated heterocycles. The smallest absolute Gasteiger partial charge is 0.237 e. The number of para-hydroxylation sites is 1. The summed E-state index contributed by atoms with van der Waals surface area (Å²) in [6.07, 6.45) is 2.85. The summed E-state index contributed by atoms with van der Waals surface area (Å²) in [6.45, 7) is 10.2. The second-order valence-corrected chi connectivity index (χ2v) is 17.3. The number of hydrogen-bond acceptors (Lipinski definition) is 8. The van der Waals surface area contributed by atoms with Crippen LogP contribution in [0.2, 0.25) is 0 Å². The second kappa shape index (κ2) is 12.1. The molecule has 3 N–H and O–H groups in total. The van der Waals surface area contributed by atoms with E-state index in [0.717, 1.165) is 18.4 Å². The SMILES string of the molecule is Cc1ccccc1N1CCN(S(=O)(=O)CC23CCC(CC2NC(=O)[C@H](CCS(C)(=O)=O)NC[C@H](C)O)C3(C)C)CC1. The van der Waals surface area contributed by atoms with Crippen LogP contribution in [0.25, 0.3) is 0 Å². The van der Waals surface area contributed by atoms with Gasteiger partial charge >= 0.3 is 0 Å². The molecule has 2 bridgehead atoms. The third-order valence-corrected chi connectivity index (χ3v) is 13.0. The fraction of sp³-hybridized carbons (Fsp3) is 0.759. The number of nitrogens with zero attached hydrogens (tertiary/aromatic N) is 2. The number of benzene rings is 1. The van der Waals surface area contributed by atoms with Gasteiger partial charge in [0, 0.05) is 56.1 Å². The van der Waals surface area contributed by atoms with E-state index in [1.54, 1.807) is 11.2 Å². The van der Waals surface area contributed by atoms with Gasteiger partial charge in [0.05, 0.1) is 23.7 Å². The number of nitrogens with one attached hydrogen (secondary N) is 2. The van der Waals surface area contributed by atoms with Gasteiger partial charge in [0.25, 0.3) is 0 Å². The lowest BCUT2D eigenvalue weighted by Crippen LogP contribution is -2.58. The van der Waals surface area contributed by atoms with E-state index in [1.807, 2.05) is 12.1 Å². The van der Waals surface area contributed by atoms with Gasteiger partial charge in [-0.1, -0.05) is 32.0 Å². The molecule has 5 atom stereocenters. The molecule has 4 rings (SSSR count). The molecule has 0 spiro atoms. The number of carbonyl (C=O) groups excluding carboxylic acids is 1. The second-order valence-electron chi connectivity index (χ2n) is 13.1. The summed E-state index contributed by atoms with van der Waals surface area (Å²) < 4.78 is 53.2. The Balaban J connectivity index is 1.49. The number of amides is 1. The van der Waals surface area contributed by atoms with Crippen molar-refractivity contribution in [1.82, 2.24) is 14.9 Å². The van der Waals surface area contributed by atoms with Gasteiger partial charge in [0.15, 0.2) is 0 Å². The Morgan fingerprint density at radius 1 is 1.12 bits per heavy atom. The van der Waals surface area contributed by atoms with Gasteiger partial charge in [-0.3, -0.25) is 4.79 Å². The number of piperazine rings is 1. The fourth-order valence-electron chi connectivity index (χ4n) is 7.41. The molecule has 0 aromatic heterocycles. The minimum atomic E-state index is -3.61. The summed E-state index contributed by atoms with van der Waals surface area (Å²) in [7, 11) is -6.90. The van der Waals surface area contributed by atoms with Crippen LogP contribution in [0.4, 0.5) is 5.69 Å². The zero-order valence-corrected chi connectivity index (χ0v) is 26.7. The van der Waals surface area contributed by atoms with Gasteiger partial charge in [0.2, 0.25) is 15.9 Å². The van der Waals surface area contributed by atoms with Crippen LogP contribution in [0.1, 0.15) is 52.0 Å². The van der Waals surface area contributed by atoms with Crippen LogP contribution < -0.4 is 15.5 Å². The van der Waals surface area contributed by atoms with E-state index >= 15 is 0 Å². The zero-order valence-electron chi connectivity index (χ0n) is 25.1. The van der Waals surface area contributed by atoms with Gasteiger partial charge in [0.1, 0.15) is 9.84 Å². The molecule has 41 heavy (non-hydrogen) atoms. The number of sulfonamides is 1. The Kier molecular flexibility index (Phi) is 9.50. The molecule has 10 nitrogen and oxygen atoms in total. The van der Waals surface area contributed by atoms with Gasteiger partial charge in [-0.2, -0.15) is 4.31 Å². The molecule has 232 valence electrons. The number of fused-ring (bicyclic) bond motifs is 2. The van der Waals surface area contributed by atoms with Crippen molar-refractivity contribution in [2.75, 3.05) is 55.4 Å². The highest BCUT2D eigenvalue weighted by Crippen LogP contribution is 2.66. The number of rotatable bonds is 12. The maximum Gasteiger partial charge on any atom is 0.237 e. The minimum absolute atomic E-state index is 0.0199. The van der Waals surface area contributed by atoms with Crippen LogP contribution in [-0.4, -0.2) is 101 Å². The van der Waals surface area contributed by atoms with Gasteiger partial charge in [-0.05, 0) is 62.5 Å². The van der Waals surface area contributed by atoms with Crippen LogP contribution >= 0.6 is 0 Å². The number of anilines is 1. The lowest BCUT2D eigenvalue weighted by molar-refractivity contribution is -0.125. The highest BCUT2D eigenvalue weighted by molar-refractivity contribution is 7.90. The number of sulfone groups is 1. The predicted octanol–water partition coefficient (Wildman–Crippen LogP) is 1.53. The molecule has 3 unspecified atom stereocenters. The van der Waals surface area contributed by atoms with Crippen molar-refractivity contribution in [1.29, 1.82) is 0 Å². The van der Waals surface area contributed by atoms with Crippen molar-refractivity contribution >= 4 is 31.5 Å². The van der Waals surface area contributed by atoms with Gasteiger partial charge in [-0.25, -0.2) is 16.8 Å². The number of hydrogen-bond donors (Lipinski definition) is 3. The van der Waals surface area contributed by atoms with Crippen LogP contribution in [0.3, 0.4) is 0 Å². The molecule has 1 aliphatic heterocycles. The Hall–Kier alpha value is -1.73. The lowest BCUT2D eigenvalue weighted by Gasteiger charge is -2.44. The maximum atomic E-state index is 14.0. The molecular formula is C29H48N4O6S2. The molecule has 2 aliphatic carbocycles. The lowest BCUT2D eigenvalue weighted by atomic mass is 9.69. The van der Waals surface area contributed by atoms with Crippen LogP contribution in [-0.2, 0) is 24.7 Å². The first kappa shape index (κ1) is 32.2. The van der Waals surface area contributed by atoms with Crippen LogP contribution in [0.15, 0.2) is 24.3 Å². The van der Waals surface area contributed by atoms with Gasteiger partial charge in [-0.15, -0.1) is 0 Å². The Labute approximate surface area is 246 Å². The van der Waals surface area contributed by atoms with Crippen molar-refractivity contribution in [2.24, 2.45) is 16.7 Å². The normalized spacial score (nSPS) is 28.0. The standard InChI is InChI=1S/C29H48N4O6S2/c1-21-8-6-7-9-25(21)32-13-15-33(16-14-32)41(38,39)20-29-12-10-23(28(29,3)4)18-26(29)31-27(35)24(30-19-22(2)34)11-17-40(5,36)37/h6-9,22-24,26,30,34H,10-20H2,1-5H3,(H,31,35)/t22-,23?,24-,26?,29?/m0/s1. The van der Waals surface area contributed by atoms with Gasteiger partial charge < -0.3 is 20.6 Å². The van der Waals surface area contributed by atoms with Crippen molar-refractivity contribution < 1.29 is 26.7 Å². The van der Waals surface area contributed by atoms with Crippen molar-refractivity contribution in [3.8, 4) is 0 Å². The summed E-state index contributed by atoms with van der Waals surface area (Å²) in [5.74, 6) is -0.231. The Morgan fingerprint density at radius 3 is 2.37 bits per heavy atom. The Morgan fingerprint density at radius 2 is 1.78 bits per heavy atom. The summed E-state index contributed by atoms with van der Waals surface area (Å²) in [6, 6.07) is 7.01. The largest absolute Gasteiger partial charge is 0.392 e. The molecule has 0 radical (unpaired) electrons. The minimum Gasteiger partial charge on any atom is -0.392 e. The van der Waals surface area contributed by atoms with E-state index in [0.29, 0.717) is 44.9 Å². The monoisotopic (exact) mass is 612 g/mol. The van der Waals surface area contributed by atoms with E-state index in [1.165, 1.54) is 5.56 Å².